The Bertz CT molecular complexity index is 748. The molecule has 1 aliphatic heterocycles. The zero-order valence-corrected chi connectivity index (χ0v) is 12.3. The molecule has 0 unspecified atom stereocenters. The van der Waals surface area contributed by atoms with Crippen molar-refractivity contribution in [3.05, 3.63) is 17.5 Å². The van der Waals surface area contributed by atoms with Crippen molar-refractivity contribution < 1.29 is 0 Å². The summed E-state index contributed by atoms with van der Waals surface area (Å²) in [6.07, 6.45) is 1.89. The van der Waals surface area contributed by atoms with E-state index in [0.29, 0.717) is 5.82 Å². The molecular formula is C13H17N7. The second-order valence-electron chi connectivity index (χ2n) is 5.65. The van der Waals surface area contributed by atoms with Gasteiger partial charge in [0.05, 0.1) is 17.5 Å². The highest BCUT2D eigenvalue weighted by Crippen LogP contribution is 2.45. The van der Waals surface area contributed by atoms with E-state index in [-0.39, 0.29) is 0 Å². The predicted octanol–water partition coefficient (Wildman–Crippen LogP) is 3.18. The summed E-state index contributed by atoms with van der Waals surface area (Å²) < 4.78 is 1.76. The Hall–Kier alpha value is -2.31. The molecule has 20 heavy (non-hydrogen) atoms. The fraction of sp³-hybridized carbons (Fsp3) is 0.462. The van der Waals surface area contributed by atoms with Crippen LogP contribution >= 0.6 is 0 Å². The smallest absolute Gasteiger partial charge is 0.195 e. The summed E-state index contributed by atoms with van der Waals surface area (Å²) >= 11 is 0. The number of hydrogen-bond acceptors (Lipinski definition) is 6. The first kappa shape index (κ1) is 12.7. The van der Waals surface area contributed by atoms with Crippen LogP contribution in [0.1, 0.15) is 39.0 Å². The zero-order chi connectivity index (χ0) is 14.5. The highest BCUT2D eigenvalue weighted by Gasteiger charge is 2.35. The molecule has 0 fully saturated rings. The largest absolute Gasteiger partial charge is 0.258 e. The van der Waals surface area contributed by atoms with Gasteiger partial charge in [-0.3, -0.25) is 5.43 Å². The number of fused-ring (bicyclic) bond motifs is 3. The minimum atomic E-state index is -0.404. The van der Waals surface area contributed by atoms with Crippen molar-refractivity contribution in [2.45, 2.75) is 40.2 Å². The first-order chi connectivity index (χ1) is 9.38. The van der Waals surface area contributed by atoms with E-state index in [0.717, 1.165) is 28.3 Å². The van der Waals surface area contributed by atoms with E-state index in [9.17, 15) is 0 Å². The molecule has 0 spiro atoms. The molecule has 1 aliphatic rings. The maximum atomic E-state index is 4.53. The van der Waals surface area contributed by atoms with Gasteiger partial charge in [0, 0.05) is 5.71 Å². The Morgan fingerprint density at radius 1 is 1.35 bits per heavy atom. The monoisotopic (exact) mass is 271 g/mol. The third-order valence-corrected chi connectivity index (χ3v) is 3.10. The van der Waals surface area contributed by atoms with E-state index in [1.165, 1.54) is 0 Å². The standard InChI is InChI=1S/C13H17N7/c1-7(2)15-17-11-10-9(13(4,5)19-16-10)12-14-8(3)6-20(12)18-11/h6H,1-5H3,(H,17,18). The van der Waals surface area contributed by atoms with Gasteiger partial charge in [-0.1, -0.05) is 0 Å². The van der Waals surface area contributed by atoms with Crippen LogP contribution in [0.4, 0.5) is 11.5 Å². The quantitative estimate of drug-likeness (QED) is 0.673. The molecule has 0 aliphatic carbocycles. The number of rotatable bonds is 2. The first-order valence-corrected chi connectivity index (χ1v) is 6.49. The predicted molar refractivity (Wildman–Crippen MR) is 77.7 cm³/mol. The van der Waals surface area contributed by atoms with Gasteiger partial charge in [0.1, 0.15) is 11.2 Å². The van der Waals surface area contributed by atoms with E-state index in [4.69, 9.17) is 0 Å². The van der Waals surface area contributed by atoms with E-state index in [1.54, 1.807) is 4.52 Å². The minimum Gasteiger partial charge on any atom is -0.258 e. The van der Waals surface area contributed by atoms with Crippen LogP contribution < -0.4 is 5.43 Å². The Morgan fingerprint density at radius 2 is 2.10 bits per heavy atom. The number of hydrogen-bond donors (Lipinski definition) is 1. The normalized spacial score (nSPS) is 15.4. The lowest BCUT2D eigenvalue weighted by Gasteiger charge is -2.15. The summed E-state index contributed by atoms with van der Waals surface area (Å²) in [5.41, 5.74) is 6.88. The molecule has 0 aromatic carbocycles. The van der Waals surface area contributed by atoms with Crippen LogP contribution in [0.5, 0.6) is 0 Å². The van der Waals surface area contributed by atoms with Crippen molar-refractivity contribution in [3.8, 4) is 0 Å². The molecule has 3 heterocycles. The van der Waals surface area contributed by atoms with E-state index in [1.807, 2.05) is 40.8 Å². The van der Waals surface area contributed by atoms with Crippen molar-refractivity contribution in [2.75, 3.05) is 5.43 Å². The average molecular weight is 271 g/mol. The van der Waals surface area contributed by atoms with Crippen LogP contribution in [0.15, 0.2) is 21.5 Å². The lowest BCUT2D eigenvalue weighted by Crippen LogP contribution is -2.13. The van der Waals surface area contributed by atoms with Gasteiger partial charge in [0.2, 0.25) is 0 Å². The zero-order valence-electron chi connectivity index (χ0n) is 12.3. The fourth-order valence-corrected chi connectivity index (χ4v) is 2.24. The third kappa shape index (κ3) is 1.86. The van der Waals surface area contributed by atoms with Gasteiger partial charge >= 0.3 is 0 Å². The highest BCUT2D eigenvalue weighted by molar-refractivity contribution is 5.81. The number of hydrazone groups is 1. The van der Waals surface area contributed by atoms with Gasteiger partial charge in [-0.2, -0.15) is 15.3 Å². The number of nitrogens with one attached hydrogen (secondary N) is 1. The second kappa shape index (κ2) is 4.09. The maximum absolute atomic E-state index is 4.53. The summed E-state index contributed by atoms with van der Waals surface area (Å²) in [6.45, 7) is 9.81. The van der Waals surface area contributed by atoms with Gasteiger partial charge in [0.15, 0.2) is 11.5 Å². The lowest BCUT2D eigenvalue weighted by molar-refractivity contribution is 0.556. The van der Waals surface area contributed by atoms with Gasteiger partial charge in [-0.15, -0.1) is 5.10 Å². The number of nitrogens with zero attached hydrogens (tertiary/aromatic N) is 6. The molecule has 0 amide bonds. The molecule has 0 saturated carbocycles. The Morgan fingerprint density at radius 3 is 2.80 bits per heavy atom. The number of imidazole rings is 1. The third-order valence-electron chi connectivity index (χ3n) is 3.10. The summed E-state index contributed by atoms with van der Waals surface area (Å²) in [6, 6.07) is 0. The molecule has 0 radical (unpaired) electrons. The molecule has 3 rings (SSSR count). The molecule has 7 heteroatoms. The van der Waals surface area contributed by atoms with Gasteiger partial charge in [0.25, 0.3) is 0 Å². The molecule has 104 valence electrons. The van der Waals surface area contributed by atoms with E-state index >= 15 is 0 Å². The topological polar surface area (TPSA) is 79.3 Å². The number of aromatic nitrogens is 3. The average Bonchev–Trinajstić information content (AvgIpc) is 2.85. The SMILES string of the molecule is CC(C)=NNc1nn2cc(C)nc2c2c1N=NC2(C)C. The lowest BCUT2D eigenvalue weighted by atomic mass is 9.96. The van der Waals surface area contributed by atoms with Gasteiger partial charge < -0.3 is 0 Å². The molecule has 0 atom stereocenters. The van der Waals surface area contributed by atoms with Gasteiger partial charge in [-0.05, 0) is 34.6 Å². The van der Waals surface area contributed by atoms with Crippen molar-refractivity contribution in [1.82, 2.24) is 14.6 Å². The molecule has 7 nitrogen and oxygen atoms in total. The van der Waals surface area contributed by atoms with Crippen LogP contribution in [0, 0.1) is 6.92 Å². The van der Waals surface area contributed by atoms with Crippen LogP contribution in [0.2, 0.25) is 0 Å². The fourth-order valence-electron chi connectivity index (χ4n) is 2.24. The van der Waals surface area contributed by atoms with Gasteiger partial charge in [-0.25, -0.2) is 9.50 Å². The summed E-state index contributed by atoms with van der Waals surface area (Å²) in [7, 11) is 0. The second-order valence-corrected chi connectivity index (χ2v) is 5.65. The van der Waals surface area contributed by atoms with Crippen LogP contribution in [-0.4, -0.2) is 20.3 Å². The first-order valence-electron chi connectivity index (χ1n) is 6.49. The van der Waals surface area contributed by atoms with Crippen LogP contribution in [-0.2, 0) is 5.54 Å². The molecule has 0 bridgehead atoms. The maximum Gasteiger partial charge on any atom is 0.195 e. The molecular weight excluding hydrogens is 254 g/mol. The van der Waals surface area contributed by atoms with Crippen molar-refractivity contribution in [3.63, 3.8) is 0 Å². The summed E-state index contributed by atoms with van der Waals surface area (Å²) in [5.74, 6) is 0.598. The minimum absolute atomic E-state index is 0.404. The molecule has 1 N–H and O–H groups in total. The van der Waals surface area contributed by atoms with Crippen LogP contribution in [0.3, 0.4) is 0 Å². The molecule has 2 aromatic heterocycles. The van der Waals surface area contributed by atoms with Crippen molar-refractivity contribution in [1.29, 1.82) is 0 Å². The number of aryl methyl sites for hydroxylation is 1. The molecule has 0 saturated heterocycles. The van der Waals surface area contributed by atoms with Crippen molar-refractivity contribution in [2.24, 2.45) is 15.3 Å². The Labute approximate surface area is 116 Å². The Balaban J connectivity index is 2.28. The Kier molecular flexibility index (Phi) is 2.60. The van der Waals surface area contributed by atoms with Crippen molar-refractivity contribution >= 4 is 22.9 Å². The van der Waals surface area contributed by atoms with Crippen LogP contribution in [0.25, 0.3) is 5.65 Å². The van der Waals surface area contributed by atoms with E-state index < -0.39 is 5.54 Å². The highest BCUT2D eigenvalue weighted by atomic mass is 15.4. The van der Waals surface area contributed by atoms with E-state index in [2.05, 4.69) is 30.8 Å². The number of azo groups is 1. The number of anilines is 1. The summed E-state index contributed by atoms with van der Waals surface area (Å²) in [4.78, 5) is 4.53. The summed E-state index contributed by atoms with van der Waals surface area (Å²) in [5, 5.41) is 17.3. The molecule has 2 aromatic rings.